The zero-order valence-electron chi connectivity index (χ0n) is 14.0. The lowest BCUT2D eigenvalue weighted by Gasteiger charge is -2.17. The van der Waals surface area contributed by atoms with Crippen LogP contribution in [0, 0.1) is 6.92 Å². The molecule has 134 valence electrons. The minimum atomic E-state index is -3.73. The van der Waals surface area contributed by atoms with Crippen LogP contribution in [-0.2, 0) is 10.0 Å². The van der Waals surface area contributed by atoms with Crippen LogP contribution in [0.5, 0.6) is 0 Å². The minimum Gasteiger partial charge on any atom is -0.279 e. The van der Waals surface area contributed by atoms with Crippen LogP contribution >= 0.6 is 23.2 Å². The Kier molecular flexibility index (Phi) is 5.56. The van der Waals surface area contributed by atoms with E-state index in [1.165, 1.54) is 0 Å². The van der Waals surface area contributed by atoms with Crippen molar-refractivity contribution in [2.75, 3.05) is 4.72 Å². The number of nitrogens with one attached hydrogen (secondary N) is 1. The number of alkyl halides is 1. The molecule has 0 aromatic heterocycles. The van der Waals surface area contributed by atoms with Gasteiger partial charge in [0.05, 0.1) is 16.0 Å². The fourth-order valence-electron chi connectivity index (χ4n) is 2.56. The van der Waals surface area contributed by atoms with Gasteiger partial charge in [-0.2, -0.15) is 0 Å². The Morgan fingerprint density at radius 1 is 0.923 bits per heavy atom. The van der Waals surface area contributed by atoms with Crippen molar-refractivity contribution in [3.8, 4) is 0 Å². The number of anilines is 1. The summed E-state index contributed by atoms with van der Waals surface area (Å²) in [7, 11) is -3.73. The molecule has 3 nitrogen and oxygen atoms in total. The third-order valence-corrected chi connectivity index (χ3v) is 6.06. The molecule has 0 aliphatic carbocycles. The molecule has 26 heavy (non-hydrogen) atoms. The van der Waals surface area contributed by atoms with Crippen molar-refractivity contribution in [1.82, 2.24) is 0 Å². The van der Waals surface area contributed by atoms with Gasteiger partial charge < -0.3 is 0 Å². The molecule has 6 heteroatoms. The molecule has 0 aliphatic heterocycles. The first kappa shape index (κ1) is 18.8. The van der Waals surface area contributed by atoms with E-state index in [2.05, 4.69) is 4.72 Å². The Morgan fingerprint density at radius 2 is 1.58 bits per heavy atom. The van der Waals surface area contributed by atoms with Gasteiger partial charge in [-0.25, -0.2) is 8.42 Å². The van der Waals surface area contributed by atoms with Gasteiger partial charge in [0.2, 0.25) is 0 Å². The van der Waals surface area contributed by atoms with Gasteiger partial charge in [-0.3, -0.25) is 4.72 Å². The molecule has 0 amide bonds. The summed E-state index contributed by atoms with van der Waals surface area (Å²) in [6.07, 6.45) is 0. The summed E-state index contributed by atoms with van der Waals surface area (Å²) < 4.78 is 28.1. The van der Waals surface area contributed by atoms with Crippen molar-refractivity contribution >= 4 is 38.9 Å². The van der Waals surface area contributed by atoms with Crippen molar-refractivity contribution in [3.05, 3.63) is 94.5 Å². The number of aryl methyl sites for hydroxylation is 1. The first-order chi connectivity index (χ1) is 12.4. The molecule has 0 radical (unpaired) electrons. The first-order valence-corrected chi connectivity index (χ1v) is 10.2. The summed E-state index contributed by atoms with van der Waals surface area (Å²) in [6.45, 7) is 1.90. The molecule has 0 heterocycles. The van der Waals surface area contributed by atoms with Crippen molar-refractivity contribution in [3.63, 3.8) is 0 Å². The number of hydrogen-bond acceptors (Lipinski definition) is 2. The molecule has 0 spiro atoms. The van der Waals surface area contributed by atoms with E-state index in [9.17, 15) is 8.42 Å². The van der Waals surface area contributed by atoms with Gasteiger partial charge in [0.15, 0.2) is 0 Å². The molecule has 1 atom stereocenters. The molecular formula is C20H17Cl2NO2S. The van der Waals surface area contributed by atoms with Crippen molar-refractivity contribution in [2.24, 2.45) is 0 Å². The SMILES string of the molecule is Cc1ccc(S(=O)(=O)Nc2ccc(Cl)cc2C(Cl)c2ccccc2)cc1. The van der Waals surface area contributed by atoms with Crippen LogP contribution in [0.1, 0.15) is 22.1 Å². The number of rotatable bonds is 5. The lowest BCUT2D eigenvalue weighted by atomic mass is 10.0. The minimum absolute atomic E-state index is 0.190. The molecule has 3 aromatic carbocycles. The average molecular weight is 406 g/mol. The van der Waals surface area contributed by atoms with E-state index >= 15 is 0 Å². The van der Waals surface area contributed by atoms with Gasteiger partial charge >= 0.3 is 0 Å². The van der Waals surface area contributed by atoms with Crippen molar-refractivity contribution in [1.29, 1.82) is 0 Å². The zero-order chi connectivity index (χ0) is 18.7. The Labute approximate surface area is 163 Å². The van der Waals surface area contributed by atoms with Gasteiger partial charge in [0.25, 0.3) is 10.0 Å². The Morgan fingerprint density at radius 3 is 2.23 bits per heavy atom. The van der Waals surface area contributed by atoms with Gasteiger partial charge in [0, 0.05) is 10.6 Å². The highest BCUT2D eigenvalue weighted by atomic mass is 35.5. The largest absolute Gasteiger partial charge is 0.279 e. The molecule has 3 aromatic rings. The summed E-state index contributed by atoms with van der Waals surface area (Å²) in [5.41, 5.74) is 2.84. The van der Waals surface area contributed by atoms with Crippen molar-refractivity contribution in [2.45, 2.75) is 17.2 Å². The summed E-state index contributed by atoms with van der Waals surface area (Å²) in [6, 6.07) is 21.0. The van der Waals surface area contributed by atoms with E-state index in [1.807, 2.05) is 37.3 Å². The maximum atomic E-state index is 12.7. The van der Waals surface area contributed by atoms with Gasteiger partial charge in [-0.15, -0.1) is 11.6 Å². The quantitative estimate of drug-likeness (QED) is 0.546. The van der Waals surface area contributed by atoms with Crippen LogP contribution in [0.4, 0.5) is 5.69 Å². The zero-order valence-corrected chi connectivity index (χ0v) is 16.3. The maximum Gasteiger partial charge on any atom is 0.261 e. The number of hydrogen-bond donors (Lipinski definition) is 1. The van der Waals surface area contributed by atoms with E-state index in [-0.39, 0.29) is 4.90 Å². The monoisotopic (exact) mass is 405 g/mol. The summed E-state index contributed by atoms with van der Waals surface area (Å²) in [5, 5.41) is -0.0505. The van der Waals surface area contributed by atoms with Gasteiger partial charge in [-0.05, 0) is 42.8 Å². The Hall–Kier alpha value is -2.01. The molecule has 0 fully saturated rings. The van der Waals surface area contributed by atoms with Crippen LogP contribution in [0.25, 0.3) is 0 Å². The fraction of sp³-hybridized carbons (Fsp3) is 0.100. The maximum absolute atomic E-state index is 12.7. The van der Waals surface area contributed by atoms with Crippen LogP contribution in [0.3, 0.4) is 0 Å². The number of sulfonamides is 1. The van der Waals surface area contributed by atoms with Crippen LogP contribution in [0.2, 0.25) is 5.02 Å². The Balaban J connectivity index is 1.99. The average Bonchev–Trinajstić information content (AvgIpc) is 2.63. The Bertz CT molecular complexity index is 1000. The summed E-state index contributed by atoms with van der Waals surface area (Å²) in [4.78, 5) is 0.190. The summed E-state index contributed by atoms with van der Waals surface area (Å²) in [5.74, 6) is 0. The smallest absolute Gasteiger partial charge is 0.261 e. The van der Waals surface area contributed by atoms with Crippen molar-refractivity contribution < 1.29 is 8.42 Å². The first-order valence-electron chi connectivity index (χ1n) is 7.95. The predicted molar refractivity (Wildman–Crippen MR) is 108 cm³/mol. The van der Waals surface area contributed by atoms with E-state index in [0.29, 0.717) is 16.3 Å². The van der Waals surface area contributed by atoms with Crippen LogP contribution in [0.15, 0.2) is 77.7 Å². The van der Waals surface area contributed by atoms with E-state index < -0.39 is 15.4 Å². The predicted octanol–water partition coefficient (Wildman–Crippen LogP) is 5.78. The molecule has 0 saturated carbocycles. The number of halogens is 2. The lowest BCUT2D eigenvalue weighted by Crippen LogP contribution is -2.14. The summed E-state index contributed by atoms with van der Waals surface area (Å²) >= 11 is 12.7. The molecule has 0 aliphatic rings. The third kappa shape index (κ3) is 4.21. The second kappa shape index (κ2) is 7.70. The van der Waals surface area contributed by atoms with E-state index in [1.54, 1.807) is 42.5 Å². The van der Waals surface area contributed by atoms with E-state index in [0.717, 1.165) is 11.1 Å². The number of benzene rings is 3. The van der Waals surface area contributed by atoms with Gasteiger partial charge in [-0.1, -0.05) is 59.6 Å². The molecular weight excluding hydrogens is 389 g/mol. The fourth-order valence-corrected chi connectivity index (χ4v) is 4.15. The van der Waals surface area contributed by atoms with Gasteiger partial charge in [0.1, 0.15) is 0 Å². The second-order valence-corrected chi connectivity index (χ2v) is 8.48. The third-order valence-electron chi connectivity index (χ3n) is 3.95. The molecule has 3 rings (SSSR count). The molecule has 0 bridgehead atoms. The lowest BCUT2D eigenvalue weighted by molar-refractivity contribution is 0.601. The molecule has 0 saturated heterocycles. The normalized spacial score (nSPS) is 12.6. The highest BCUT2D eigenvalue weighted by Crippen LogP contribution is 2.36. The van der Waals surface area contributed by atoms with Crippen LogP contribution < -0.4 is 4.72 Å². The second-order valence-electron chi connectivity index (χ2n) is 5.92. The van der Waals surface area contributed by atoms with Crippen LogP contribution in [-0.4, -0.2) is 8.42 Å². The standard InChI is InChI=1S/C20H17Cl2NO2S/c1-14-7-10-17(11-8-14)26(24,25)23-19-12-9-16(21)13-18(19)20(22)15-5-3-2-4-6-15/h2-13,20,23H,1H3. The topological polar surface area (TPSA) is 46.2 Å². The van der Waals surface area contributed by atoms with E-state index in [4.69, 9.17) is 23.2 Å². The highest BCUT2D eigenvalue weighted by molar-refractivity contribution is 7.92. The highest BCUT2D eigenvalue weighted by Gasteiger charge is 2.20. The molecule has 1 unspecified atom stereocenters. The molecule has 1 N–H and O–H groups in total.